The van der Waals surface area contributed by atoms with Crippen molar-refractivity contribution in [3.05, 3.63) is 54.4 Å². The van der Waals surface area contributed by atoms with Crippen LogP contribution in [0.2, 0.25) is 0 Å². The van der Waals surface area contributed by atoms with Crippen molar-refractivity contribution >= 4 is 0 Å². The fraction of sp³-hybridized carbons (Fsp3) is 0.389. The molecular formula is C18H21N5O2. The number of hydrogen-bond donors (Lipinski definition) is 1. The van der Waals surface area contributed by atoms with Gasteiger partial charge in [0, 0.05) is 44.1 Å². The highest BCUT2D eigenvalue weighted by molar-refractivity contribution is 5.53. The van der Waals surface area contributed by atoms with E-state index in [1.165, 1.54) is 0 Å². The summed E-state index contributed by atoms with van der Waals surface area (Å²) >= 11 is 0. The maximum atomic E-state index is 5.88. The lowest BCUT2D eigenvalue weighted by Crippen LogP contribution is -2.25. The molecule has 0 unspecified atom stereocenters. The van der Waals surface area contributed by atoms with Crippen LogP contribution in [0, 0.1) is 5.92 Å². The normalized spacial score (nSPS) is 20.2. The Hall–Kier alpha value is -2.51. The first-order valence-corrected chi connectivity index (χ1v) is 8.49. The number of ether oxygens (including phenoxy) is 1. The molecule has 1 aliphatic heterocycles. The smallest absolute Gasteiger partial charge is 0.240 e. The summed E-state index contributed by atoms with van der Waals surface area (Å²) in [6.07, 6.45) is 4.81. The molecule has 130 valence electrons. The lowest BCUT2D eigenvalue weighted by Gasteiger charge is -2.18. The average molecular weight is 339 g/mol. The predicted molar refractivity (Wildman–Crippen MR) is 91.4 cm³/mol. The highest BCUT2D eigenvalue weighted by Crippen LogP contribution is 2.32. The Morgan fingerprint density at radius 3 is 2.96 bits per heavy atom. The van der Waals surface area contributed by atoms with Crippen LogP contribution in [-0.2, 0) is 18.3 Å². The van der Waals surface area contributed by atoms with Gasteiger partial charge in [-0.1, -0.05) is 35.5 Å². The lowest BCUT2D eigenvalue weighted by molar-refractivity contribution is 0.0809. The summed E-state index contributed by atoms with van der Waals surface area (Å²) in [6.45, 7) is 2.13. The van der Waals surface area contributed by atoms with Gasteiger partial charge in [-0.2, -0.15) is 4.98 Å². The summed E-state index contributed by atoms with van der Waals surface area (Å²) in [4.78, 5) is 8.86. The minimum absolute atomic E-state index is 0.0371. The van der Waals surface area contributed by atoms with Crippen molar-refractivity contribution < 1.29 is 9.26 Å². The minimum Gasteiger partial charge on any atom is -0.370 e. The van der Waals surface area contributed by atoms with Gasteiger partial charge in [0.25, 0.3) is 0 Å². The molecule has 25 heavy (non-hydrogen) atoms. The monoisotopic (exact) mass is 339 g/mol. The average Bonchev–Trinajstić information content (AvgIpc) is 3.37. The maximum absolute atomic E-state index is 5.88. The quantitative estimate of drug-likeness (QED) is 0.743. The van der Waals surface area contributed by atoms with Crippen LogP contribution in [0.25, 0.3) is 11.4 Å². The van der Waals surface area contributed by atoms with Crippen molar-refractivity contribution in [2.24, 2.45) is 13.0 Å². The third-order valence-electron chi connectivity index (χ3n) is 4.51. The Morgan fingerprint density at radius 2 is 2.16 bits per heavy atom. The second-order valence-electron chi connectivity index (χ2n) is 6.25. The molecule has 1 N–H and O–H groups in total. The summed E-state index contributed by atoms with van der Waals surface area (Å²) in [7, 11) is 2.00. The molecule has 0 amide bonds. The Morgan fingerprint density at radius 1 is 1.28 bits per heavy atom. The summed E-state index contributed by atoms with van der Waals surface area (Å²) in [5, 5.41) is 7.45. The number of hydrogen-bond acceptors (Lipinski definition) is 6. The standard InChI is InChI=1S/C18H21N5O2/c1-23-9-8-20-18(23)16-14(7-10-24-16)11-19-12-15-21-17(22-25-15)13-5-3-2-4-6-13/h2-6,8-9,14,16,19H,7,10-12H2,1H3/t14-,16+/m0/s1. The van der Waals surface area contributed by atoms with E-state index < -0.39 is 0 Å². The van der Waals surface area contributed by atoms with Crippen molar-refractivity contribution in [1.29, 1.82) is 0 Å². The molecule has 0 radical (unpaired) electrons. The van der Waals surface area contributed by atoms with Crippen molar-refractivity contribution in [1.82, 2.24) is 25.0 Å². The Balaban J connectivity index is 1.33. The molecule has 0 aliphatic carbocycles. The van der Waals surface area contributed by atoms with E-state index in [4.69, 9.17) is 9.26 Å². The maximum Gasteiger partial charge on any atom is 0.240 e. The van der Waals surface area contributed by atoms with Crippen molar-refractivity contribution in [3.63, 3.8) is 0 Å². The molecule has 3 heterocycles. The van der Waals surface area contributed by atoms with E-state index in [-0.39, 0.29) is 6.10 Å². The van der Waals surface area contributed by atoms with Crippen LogP contribution < -0.4 is 5.32 Å². The van der Waals surface area contributed by atoms with Gasteiger partial charge >= 0.3 is 0 Å². The zero-order valence-electron chi connectivity index (χ0n) is 14.1. The number of aryl methyl sites for hydroxylation is 1. The predicted octanol–water partition coefficient (Wildman–Crippen LogP) is 2.34. The van der Waals surface area contributed by atoms with Crippen molar-refractivity contribution in [2.75, 3.05) is 13.2 Å². The first kappa shape index (κ1) is 16.0. The van der Waals surface area contributed by atoms with Crippen LogP contribution in [0.1, 0.15) is 24.2 Å². The number of nitrogens with one attached hydrogen (secondary N) is 1. The summed E-state index contributed by atoms with van der Waals surface area (Å²) in [5.41, 5.74) is 0.955. The summed E-state index contributed by atoms with van der Waals surface area (Å²) in [6, 6.07) is 9.82. The van der Waals surface area contributed by atoms with Gasteiger partial charge in [-0.25, -0.2) is 4.98 Å². The lowest BCUT2D eigenvalue weighted by atomic mass is 10.0. The second-order valence-corrected chi connectivity index (χ2v) is 6.25. The molecule has 1 fully saturated rings. The van der Waals surface area contributed by atoms with Crippen LogP contribution in [0.15, 0.2) is 47.2 Å². The second kappa shape index (κ2) is 7.16. The first-order valence-electron chi connectivity index (χ1n) is 8.49. The molecule has 2 atom stereocenters. The van der Waals surface area contributed by atoms with Gasteiger partial charge in [0.15, 0.2) is 0 Å². The van der Waals surface area contributed by atoms with E-state index >= 15 is 0 Å². The number of rotatable bonds is 6. The van der Waals surface area contributed by atoms with E-state index in [1.807, 2.05) is 54.3 Å². The summed E-state index contributed by atoms with van der Waals surface area (Å²) in [5.74, 6) is 2.57. The number of benzene rings is 1. The van der Waals surface area contributed by atoms with Crippen LogP contribution in [-0.4, -0.2) is 32.8 Å². The van der Waals surface area contributed by atoms with Gasteiger partial charge in [0.05, 0.1) is 6.54 Å². The topological polar surface area (TPSA) is 78.0 Å². The zero-order valence-corrected chi connectivity index (χ0v) is 14.1. The Bertz CT molecular complexity index is 814. The molecule has 4 rings (SSSR count). The van der Waals surface area contributed by atoms with Gasteiger partial charge in [-0.3, -0.25) is 0 Å². The highest BCUT2D eigenvalue weighted by Gasteiger charge is 2.32. The van der Waals surface area contributed by atoms with E-state index in [9.17, 15) is 0 Å². The molecule has 1 aromatic carbocycles. The van der Waals surface area contributed by atoms with Gasteiger partial charge < -0.3 is 19.1 Å². The molecule has 0 spiro atoms. The van der Waals surface area contributed by atoms with E-state index in [1.54, 1.807) is 0 Å². The molecular weight excluding hydrogens is 318 g/mol. The van der Waals surface area contributed by atoms with Gasteiger partial charge in [-0.05, 0) is 6.42 Å². The molecule has 3 aromatic rings. The molecule has 7 heteroatoms. The zero-order chi connectivity index (χ0) is 17.1. The van der Waals surface area contributed by atoms with E-state index in [0.29, 0.717) is 24.2 Å². The Labute approximate surface area is 146 Å². The van der Waals surface area contributed by atoms with Crippen LogP contribution >= 0.6 is 0 Å². The third kappa shape index (κ3) is 3.47. The van der Waals surface area contributed by atoms with Gasteiger partial charge in [-0.15, -0.1) is 0 Å². The molecule has 2 aromatic heterocycles. The number of imidazole rings is 1. The van der Waals surface area contributed by atoms with Crippen LogP contribution in [0.4, 0.5) is 0 Å². The van der Waals surface area contributed by atoms with Gasteiger partial charge in [0.1, 0.15) is 11.9 Å². The molecule has 0 bridgehead atoms. The molecule has 1 saturated heterocycles. The molecule has 1 aliphatic rings. The largest absolute Gasteiger partial charge is 0.370 e. The van der Waals surface area contributed by atoms with E-state index in [2.05, 4.69) is 20.4 Å². The van der Waals surface area contributed by atoms with Crippen molar-refractivity contribution in [3.8, 4) is 11.4 Å². The first-order chi connectivity index (χ1) is 12.3. The molecule has 7 nitrogen and oxygen atoms in total. The SMILES string of the molecule is Cn1ccnc1[C@@H]1OCC[C@H]1CNCc1nc(-c2ccccc2)no1. The number of aromatic nitrogens is 4. The Kier molecular flexibility index (Phi) is 4.58. The van der Waals surface area contributed by atoms with Crippen LogP contribution in [0.3, 0.4) is 0 Å². The van der Waals surface area contributed by atoms with Gasteiger partial charge in [0.2, 0.25) is 11.7 Å². The molecule has 0 saturated carbocycles. The third-order valence-corrected chi connectivity index (χ3v) is 4.51. The minimum atomic E-state index is 0.0371. The highest BCUT2D eigenvalue weighted by atomic mass is 16.5. The van der Waals surface area contributed by atoms with E-state index in [0.717, 1.165) is 31.0 Å². The van der Waals surface area contributed by atoms with Crippen LogP contribution in [0.5, 0.6) is 0 Å². The van der Waals surface area contributed by atoms with Crippen molar-refractivity contribution in [2.45, 2.75) is 19.1 Å². The summed E-state index contributed by atoms with van der Waals surface area (Å²) < 4.78 is 13.2. The fourth-order valence-corrected chi connectivity index (χ4v) is 3.18. The fourth-order valence-electron chi connectivity index (χ4n) is 3.18. The number of nitrogens with zero attached hydrogens (tertiary/aromatic N) is 4.